The van der Waals surface area contributed by atoms with Crippen molar-refractivity contribution in [2.75, 3.05) is 6.54 Å². The molecule has 3 heteroatoms. The van der Waals surface area contributed by atoms with E-state index in [1.165, 1.54) is 23.9 Å². The summed E-state index contributed by atoms with van der Waals surface area (Å²) in [5, 5.41) is 3.45. The second-order valence-corrected chi connectivity index (χ2v) is 5.56. The first-order chi connectivity index (χ1) is 8.74. The third-order valence-electron chi connectivity index (χ3n) is 3.55. The maximum atomic E-state index is 4.53. The molecule has 0 amide bonds. The molecule has 1 heterocycles. The summed E-state index contributed by atoms with van der Waals surface area (Å²) in [5.41, 5.74) is 3.80. The minimum Gasteiger partial charge on any atom is -0.327 e. The van der Waals surface area contributed by atoms with Crippen LogP contribution in [0.1, 0.15) is 38.3 Å². The molecule has 1 saturated carbocycles. The van der Waals surface area contributed by atoms with Gasteiger partial charge in [0.2, 0.25) is 0 Å². The highest BCUT2D eigenvalue weighted by Gasteiger charge is 2.24. The summed E-state index contributed by atoms with van der Waals surface area (Å²) >= 11 is 0. The van der Waals surface area contributed by atoms with E-state index in [9.17, 15) is 0 Å². The number of rotatable bonds is 5. The lowest BCUT2D eigenvalue weighted by Crippen LogP contribution is -2.24. The van der Waals surface area contributed by atoms with Crippen LogP contribution in [0, 0.1) is 0 Å². The molecule has 1 N–H and O–H groups in total. The van der Waals surface area contributed by atoms with Gasteiger partial charge in [-0.15, -0.1) is 0 Å². The van der Waals surface area contributed by atoms with Crippen LogP contribution in [0.2, 0.25) is 0 Å². The molecular formula is C15H21N3. The SMILES string of the molecule is CC(C)NCCc1ccc2c(c1)ncn2C1CC1. The van der Waals surface area contributed by atoms with E-state index in [1.54, 1.807) is 0 Å². The Balaban J connectivity index is 1.75. The smallest absolute Gasteiger partial charge is 0.0960 e. The number of nitrogens with zero attached hydrogens (tertiary/aromatic N) is 2. The Morgan fingerprint density at radius 3 is 2.94 bits per heavy atom. The first kappa shape index (κ1) is 11.7. The molecular weight excluding hydrogens is 222 g/mol. The molecule has 0 atom stereocenters. The van der Waals surface area contributed by atoms with E-state index in [0.717, 1.165) is 18.5 Å². The molecule has 1 aromatic carbocycles. The third-order valence-corrected chi connectivity index (χ3v) is 3.55. The van der Waals surface area contributed by atoms with Crippen molar-refractivity contribution in [1.82, 2.24) is 14.9 Å². The Morgan fingerprint density at radius 2 is 2.22 bits per heavy atom. The van der Waals surface area contributed by atoms with Crippen molar-refractivity contribution in [2.45, 2.75) is 45.2 Å². The topological polar surface area (TPSA) is 29.9 Å². The Hall–Kier alpha value is -1.35. The summed E-state index contributed by atoms with van der Waals surface area (Å²) in [4.78, 5) is 4.53. The molecule has 0 radical (unpaired) electrons. The molecule has 1 aliphatic rings. The highest BCUT2D eigenvalue weighted by Crippen LogP contribution is 2.37. The molecule has 0 unspecified atom stereocenters. The van der Waals surface area contributed by atoms with E-state index < -0.39 is 0 Å². The lowest BCUT2D eigenvalue weighted by Gasteiger charge is -2.08. The second-order valence-electron chi connectivity index (χ2n) is 5.56. The zero-order chi connectivity index (χ0) is 12.5. The van der Waals surface area contributed by atoms with E-state index in [4.69, 9.17) is 0 Å². The van der Waals surface area contributed by atoms with Crippen LogP contribution >= 0.6 is 0 Å². The molecule has 1 aromatic heterocycles. The van der Waals surface area contributed by atoms with Crippen molar-refractivity contribution in [3.63, 3.8) is 0 Å². The van der Waals surface area contributed by atoms with Crippen molar-refractivity contribution in [2.24, 2.45) is 0 Å². The van der Waals surface area contributed by atoms with Gasteiger partial charge in [-0.25, -0.2) is 4.98 Å². The first-order valence-corrected chi connectivity index (χ1v) is 6.93. The predicted octanol–water partition coefficient (Wildman–Crippen LogP) is 2.91. The standard InChI is InChI=1S/C15H21N3/c1-11(2)16-8-7-12-3-6-15-14(9-12)17-10-18(15)13-4-5-13/h3,6,9-11,13,16H,4-5,7-8H2,1-2H3. The summed E-state index contributed by atoms with van der Waals surface area (Å²) in [5.74, 6) is 0. The lowest BCUT2D eigenvalue weighted by molar-refractivity contribution is 0.590. The molecule has 18 heavy (non-hydrogen) atoms. The summed E-state index contributed by atoms with van der Waals surface area (Å²) in [6.45, 7) is 5.40. The molecule has 0 spiro atoms. The average Bonchev–Trinajstić information content (AvgIpc) is 3.09. The van der Waals surface area contributed by atoms with Crippen LogP contribution in [0.3, 0.4) is 0 Å². The Kier molecular flexibility index (Phi) is 3.08. The Morgan fingerprint density at radius 1 is 1.39 bits per heavy atom. The van der Waals surface area contributed by atoms with Gasteiger partial charge in [0.05, 0.1) is 17.4 Å². The number of aromatic nitrogens is 2. The van der Waals surface area contributed by atoms with E-state index in [0.29, 0.717) is 12.1 Å². The molecule has 2 aromatic rings. The van der Waals surface area contributed by atoms with Gasteiger partial charge in [-0.2, -0.15) is 0 Å². The summed E-state index contributed by atoms with van der Waals surface area (Å²) in [6.07, 6.45) is 5.69. The molecule has 1 aliphatic carbocycles. The molecule has 3 rings (SSSR count). The summed E-state index contributed by atoms with van der Waals surface area (Å²) in [7, 11) is 0. The van der Waals surface area contributed by atoms with Crippen LogP contribution in [0.5, 0.6) is 0 Å². The minimum atomic E-state index is 0.558. The van der Waals surface area contributed by atoms with Gasteiger partial charge >= 0.3 is 0 Å². The summed E-state index contributed by atoms with van der Waals surface area (Å²) in [6, 6.07) is 7.97. The van der Waals surface area contributed by atoms with Crippen LogP contribution in [-0.2, 0) is 6.42 Å². The largest absolute Gasteiger partial charge is 0.327 e. The molecule has 0 saturated heterocycles. The van der Waals surface area contributed by atoms with Crippen molar-refractivity contribution in [3.05, 3.63) is 30.1 Å². The van der Waals surface area contributed by atoms with Gasteiger partial charge in [-0.1, -0.05) is 19.9 Å². The monoisotopic (exact) mass is 243 g/mol. The number of nitrogens with one attached hydrogen (secondary N) is 1. The molecule has 1 fully saturated rings. The van der Waals surface area contributed by atoms with Gasteiger partial charge in [0.25, 0.3) is 0 Å². The van der Waals surface area contributed by atoms with Crippen LogP contribution in [0.4, 0.5) is 0 Å². The van der Waals surface area contributed by atoms with E-state index in [-0.39, 0.29) is 0 Å². The van der Waals surface area contributed by atoms with Crippen LogP contribution in [-0.4, -0.2) is 22.1 Å². The fourth-order valence-corrected chi connectivity index (χ4v) is 2.38. The fraction of sp³-hybridized carbons (Fsp3) is 0.533. The normalized spacial score (nSPS) is 15.7. The molecule has 96 valence electrons. The lowest BCUT2D eigenvalue weighted by atomic mass is 10.1. The Labute approximate surface area is 108 Å². The number of hydrogen-bond donors (Lipinski definition) is 1. The maximum absolute atomic E-state index is 4.53. The van der Waals surface area contributed by atoms with Crippen LogP contribution < -0.4 is 5.32 Å². The van der Waals surface area contributed by atoms with Crippen molar-refractivity contribution in [3.8, 4) is 0 Å². The van der Waals surface area contributed by atoms with Crippen molar-refractivity contribution >= 4 is 11.0 Å². The number of benzene rings is 1. The summed E-state index contributed by atoms with van der Waals surface area (Å²) < 4.78 is 2.32. The highest BCUT2D eigenvalue weighted by molar-refractivity contribution is 5.76. The number of hydrogen-bond acceptors (Lipinski definition) is 2. The van der Waals surface area contributed by atoms with Crippen molar-refractivity contribution in [1.29, 1.82) is 0 Å². The van der Waals surface area contributed by atoms with Gasteiger partial charge in [0.15, 0.2) is 0 Å². The molecule has 0 aliphatic heterocycles. The van der Waals surface area contributed by atoms with Gasteiger partial charge in [-0.05, 0) is 43.5 Å². The van der Waals surface area contributed by atoms with Gasteiger partial charge in [0.1, 0.15) is 0 Å². The average molecular weight is 243 g/mol. The van der Waals surface area contributed by atoms with Gasteiger partial charge in [-0.3, -0.25) is 0 Å². The van der Waals surface area contributed by atoms with Crippen molar-refractivity contribution < 1.29 is 0 Å². The molecule has 0 bridgehead atoms. The first-order valence-electron chi connectivity index (χ1n) is 6.93. The zero-order valence-corrected chi connectivity index (χ0v) is 11.2. The van der Waals surface area contributed by atoms with E-state index >= 15 is 0 Å². The highest BCUT2D eigenvalue weighted by atomic mass is 15.1. The van der Waals surface area contributed by atoms with Gasteiger partial charge in [0, 0.05) is 12.1 Å². The minimum absolute atomic E-state index is 0.558. The van der Waals surface area contributed by atoms with E-state index in [2.05, 4.69) is 46.9 Å². The second kappa shape index (κ2) is 4.73. The van der Waals surface area contributed by atoms with Gasteiger partial charge < -0.3 is 9.88 Å². The maximum Gasteiger partial charge on any atom is 0.0960 e. The quantitative estimate of drug-likeness (QED) is 0.875. The van der Waals surface area contributed by atoms with Crippen LogP contribution in [0.15, 0.2) is 24.5 Å². The molecule has 3 nitrogen and oxygen atoms in total. The third kappa shape index (κ3) is 2.41. The number of imidazole rings is 1. The van der Waals surface area contributed by atoms with E-state index in [1.807, 2.05) is 6.33 Å². The Bertz CT molecular complexity index is 538. The zero-order valence-electron chi connectivity index (χ0n) is 11.2. The predicted molar refractivity (Wildman–Crippen MR) is 74.8 cm³/mol. The fourth-order valence-electron chi connectivity index (χ4n) is 2.38. The van der Waals surface area contributed by atoms with Crippen LogP contribution in [0.25, 0.3) is 11.0 Å². The number of fused-ring (bicyclic) bond motifs is 1.